The minimum atomic E-state index is -4.46. The predicted molar refractivity (Wildman–Crippen MR) is 378 cm³/mol. The lowest BCUT2D eigenvalue weighted by Gasteiger charge is -2.27. The second-order valence-electron chi connectivity index (χ2n) is 26.1. The second kappa shape index (κ2) is 66.1. The highest BCUT2D eigenvalue weighted by atomic mass is 31.2. The van der Waals surface area contributed by atoms with E-state index in [2.05, 4.69) is 99.0 Å². The molecule has 87 heavy (non-hydrogen) atoms. The third-order valence-corrected chi connectivity index (χ3v) is 17.3. The van der Waals surface area contributed by atoms with Gasteiger partial charge in [-0.25, -0.2) is 4.57 Å². The molecule has 2 N–H and O–H groups in total. The van der Waals surface area contributed by atoms with E-state index in [1.54, 1.807) is 0 Å². The molecule has 0 rings (SSSR count). The molecule has 3 atom stereocenters. The molecule has 0 heterocycles. The number of phosphoric acid groups is 1. The Balaban J connectivity index is 5.07. The lowest BCUT2D eigenvalue weighted by molar-refractivity contribution is -0.870. The van der Waals surface area contributed by atoms with Crippen molar-refractivity contribution in [3.8, 4) is 0 Å². The van der Waals surface area contributed by atoms with Gasteiger partial charge in [0.1, 0.15) is 19.3 Å². The number of quaternary nitrogens is 1. The van der Waals surface area contributed by atoms with Crippen LogP contribution < -0.4 is 5.32 Å². The number of phosphoric ester groups is 1. The number of hydrogen-bond acceptors (Lipinski definition) is 6. The number of amides is 1. The topological polar surface area (TPSA) is 111 Å². The maximum atomic E-state index is 13.6. The van der Waals surface area contributed by atoms with Gasteiger partial charge < -0.3 is 19.4 Å². The molecule has 0 aliphatic carbocycles. The van der Waals surface area contributed by atoms with Gasteiger partial charge in [0.2, 0.25) is 5.91 Å². The highest BCUT2D eigenvalue weighted by molar-refractivity contribution is 7.47. The maximum absolute atomic E-state index is 13.6. The fourth-order valence-electron chi connectivity index (χ4n) is 10.6. The first-order valence-corrected chi connectivity index (χ1v) is 38.4. The lowest BCUT2D eigenvalue weighted by atomic mass is 10.0. The zero-order valence-corrected chi connectivity index (χ0v) is 58.9. The van der Waals surface area contributed by atoms with Crippen molar-refractivity contribution in [1.82, 2.24) is 5.32 Å². The second-order valence-corrected chi connectivity index (χ2v) is 27.6. The third kappa shape index (κ3) is 67.4. The Hall–Kier alpha value is -2.81. The summed E-state index contributed by atoms with van der Waals surface area (Å²) in [4.78, 5) is 38.0. The van der Waals surface area contributed by atoms with Crippen molar-refractivity contribution in [2.75, 3.05) is 40.9 Å². The molecule has 0 radical (unpaired) electrons. The van der Waals surface area contributed by atoms with Crippen molar-refractivity contribution in [3.05, 3.63) is 85.1 Å². The smallest absolute Gasteiger partial charge is 0.456 e. The van der Waals surface area contributed by atoms with E-state index in [9.17, 15) is 19.0 Å². The Morgan fingerprint density at radius 2 is 0.701 bits per heavy atom. The van der Waals surface area contributed by atoms with Gasteiger partial charge in [-0.3, -0.25) is 18.6 Å². The lowest BCUT2D eigenvalue weighted by Crippen LogP contribution is -2.47. The SMILES string of the molecule is CCCCC/C=C\C/C=C\C/C=C\C/C=C\CCCCCCCC(=O)NC(COP(=O)(O)OCC[N+](C)(C)C)C(/C=C\CCCCCCCCCCCCC)OC(=O)CCCCCCCCCCCCCCCCCCC/C=C\C/C=C\CCCCC. The minimum Gasteiger partial charge on any atom is -0.456 e. The number of allylic oxidation sites excluding steroid dienone is 13. The van der Waals surface area contributed by atoms with Crippen molar-refractivity contribution in [2.24, 2.45) is 0 Å². The van der Waals surface area contributed by atoms with Crippen molar-refractivity contribution >= 4 is 19.7 Å². The summed E-state index contributed by atoms with van der Waals surface area (Å²) in [5.74, 6) is -0.516. The van der Waals surface area contributed by atoms with Crippen molar-refractivity contribution in [2.45, 2.75) is 354 Å². The van der Waals surface area contributed by atoms with Crippen molar-refractivity contribution < 1.29 is 37.3 Å². The van der Waals surface area contributed by atoms with Crippen LogP contribution in [0.25, 0.3) is 0 Å². The van der Waals surface area contributed by atoms with Crippen LogP contribution in [-0.2, 0) is 27.9 Å². The average Bonchev–Trinajstić information content (AvgIpc) is 3.69. The number of hydrogen-bond donors (Lipinski definition) is 2. The number of unbranched alkanes of at least 4 members (excludes halogenated alkanes) is 39. The molecule has 506 valence electrons. The molecule has 0 spiro atoms. The van der Waals surface area contributed by atoms with Crippen LogP contribution in [0.4, 0.5) is 0 Å². The van der Waals surface area contributed by atoms with Crippen LogP contribution in [0.1, 0.15) is 342 Å². The number of rotatable bonds is 67. The predicted octanol–water partition coefficient (Wildman–Crippen LogP) is 23.7. The number of esters is 1. The van der Waals surface area contributed by atoms with Crippen LogP contribution in [0.15, 0.2) is 85.1 Å². The van der Waals surface area contributed by atoms with E-state index in [4.69, 9.17) is 13.8 Å². The van der Waals surface area contributed by atoms with Crippen molar-refractivity contribution in [1.29, 1.82) is 0 Å². The van der Waals surface area contributed by atoms with Gasteiger partial charge >= 0.3 is 13.8 Å². The van der Waals surface area contributed by atoms with E-state index in [1.807, 2.05) is 33.3 Å². The molecule has 0 bridgehead atoms. The number of ether oxygens (including phenoxy) is 1. The number of carbonyl (C=O) groups is 2. The number of likely N-dealkylation sites (N-methyl/N-ethyl adjacent to an activating group) is 1. The van der Waals surface area contributed by atoms with Gasteiger partial charge in [0, 0.05) is 12.8 Å². The summed E-state index contributed by atoms with van der Waals surface area (Å²) < 4.78 is 30.9. The molecule has 10 heteroatoms. The Kier molecular flexibility index (Phi) is 64.0. The van der Waals surface area contributed by atoms with Crippen LogP contribution in [0.2, 0.25) is 0 Å². The van der Waals surface area contributed by atoms with Gasteiger partial charge in [0.15, 0.2) is 0 Å². The summed E-state index contributed by atoms with van der Waals surface area (Å²) in [6, 6.07) is -0.863. The van der Waals surface area contributed by atoms with Crippen LogP contribution >= 0.6 is 7.82 Å². The Morgan fingerprint density at radius 3 is 1.07 bits per heavy atom. The van der Waals surface area contributed by atoms with E-state index >= 15 is 0 Å². The van der Waals surface area contributed by atoms with E-state index in [0.717, 1.165) is 103 Å². The molecule has 0 aromatic rings. The Morgan fingerprint density at radius 1 is 0.402 bits per heavy atom. The first-order chi connectivity index (χ1) is 42.4. The summed E-state index contributed by atoms with van der Waals surface area (Å²) in [5.41, 5.74) is 0. The van der Waals surface area contributed by atoms with E-state index in [1.165, 1.54) is 205 Å². The van der Waals surface area contributed by atoms with E-state index in [0.29, 0.717) is 17.4 Å². The summed E-state index contributed by atoms with van der Waals surface area (Å²) in [6.07, 6.45) is 88.8. The van der Waals surface area contributed by atoms with Crippen LogP contribution in [0, 0.1) is 0 Å². The first-order valence-electron chi connectivity index (χ1n) is 36.9. The largest absolute Gasteiger partial charge is 0.472 e. The highest BCUT2D eigenvalue weighted by Gasteiger charge is 2.30. The average molecular weight is 1240 g/mol. The molecule has 0 fully saturated rings. The highest BCUT2D eigenvalue weighted by Crippen LogP contribution is 2.43. The van der Waals surface area contributed by atoms with E-state index in [-0.39, 0.29) is 31.5 Å². The van der Waals surface area contributed by atoms with Gasteiger partial charge in [0.25, 0.3) is 0 Å². The molecular formula is C77H142N2O7P+. The summed E-state index contributed by atoms with van der Waals surface area (Å²) in [7, 11) is 1.49. The fourth-order valence-corrected chi connectivity index (χ4v) is 11.3. The number of carbonyl (C=O) groups excluding carboxylic acids is 2. The van der Waals surface area contributed by atoms with Gasteiger partial charge in [0.05, 0.1) is 33.8 Å². The van der Waals surface area contributed by atoms with Crippen LogP contribution in [0.3, 0.4) is 0 Å². The Bertz CT molecular complexity index is 1760. The molecule has 0 aliphatic rings. The van der Waals surface area contributed by atoms with Crippen LogP contribution in [-0.4, -0.2) is 74.3 Å². The monoisotopic (exact) mass is 1240 g/mol. The van der Waals surface area contributed by atoms with Gasteiger partial charge in [-0.1, -0.05) is 305 Å². The van der Waals surface area contributed by atoms with Crippen LogP contribution in [0.5, 0.6) is 0 Å². The molecule has 0 saturated heterocycles. The zero-order chi connectivity index (χ0) is 63.5. The normalized spacial score (nSPS) is 14.0. The molecular weight excluding hydrogens is 1100 g/mol. The molecule has 3 unspecified atom stereocenters. The summed E-state index contributed by atoms with van der Waals surface area (Å²) >= 11 is 0. The molecule has 0 aromatic carbocycles. The number of nitrogens with zero attached hydrogens (tertiary/aromatic N) is 1. The Labute approximate surface area is 539 Å². The third-order valence-electron chi connectivity index (χ3n) is 16.3. The maximum Gasteiger partial charge on any atom is 0.472 e. The van der Waals surface area contributed by atoms with Crippen molar-refractivity contribution in [3.63, 3.8) is 0 Å². The standard InChI is InChI=1S/C77H141N2O7P/c1-7-10-13-16-19-22-25-28-30-32-34-36-37-38-39-40-41-43-45-47-49-52-55-58-61-64-67-70-77(81)86-75(68-65-62-59-56-53-50-27-24-21-18-15-12-9-3)74(73-85-87(82,83)84-72-71-79(4,5)6)78-76(80)69-66-63-60-57-54-51-48-46-44-42-35-33-31-29-26-23-20-17-14-11-8-2/h19-20,22-23,28-31,35,42,46,48,65,68,74-75H,7-18,21,24-27,32-34,36-41,43-45,47,49-64,66-67,69-73H2,1-6H3,(H-,78,80,82,83)/p+1/b22-19-,23-20-,30-28-,31-29-,42-35-,48-46-,68-65-. The van der Waals surface area contributed by atoms with E-state index < -0.39 is 20.0 Å². The number of nitrogens with one attached hydrogen (secondary N) is 1. The molecule has 0 saturated carbocycles. The summed E-state index contributed by atoms with van der Waals surface area (Å²) in [5, 5.41) is 3.07. The van der Waals surface area contributed by atoms with Gasteiger partial charge in [-0.05, 0) is 109 Å². The zero-order valence-electron chi connectivity index (χ0n) is 58.0. The van der Waals surface area contributed by atoms with Gasteiger partial charge in [-0.2, -0.15) is 0 Å². The molecule has 9 nitrogen and oxygen atoms in total. The molecule has 0 aromatic heterocycles. The van der Waals surface area contributed by atoms with Gasteiger partial charge in [-0.15, -0.1) is 0 Å². The molecule has 0 aliphatic heterocycles. The quantitative estimate of drug-likeness (QED) is 0.0205. The molecule has 1 amide bonds. The first kappa shape index (κ1) is 84.2. The fraction of sp³-hybridized carbons (Fsp3) is 0.792. The summed E-state index contributed by atoms with van der Waals surface area (Å²) in [6.45, 7) is 6.98. The minimum absolute atomic E-state index is 0.0344.